The fourth-order valence-corrected chi connectivity index (χ4v) is 0.993. The molecule has 0 saturated carbocycles. The van der Waals surface area contributed by atoms with Crippen molar-refractivity contribution in [3.8, 4) is 0 Å². The summed E-state index contributed by atoms with van der Waals surface area (Å²) in [6, 6.07) is 0. The molecule has 12 heavy (non-hydrogen) atoms. The number of aliphatic carboxylic acids is 1. The molecule has 0 radical (unpaired) electrons. The second kappa shape index (κ2) is 5.81. The van der Waals surface area contributed by atoms with E-state index in [1.165, 1.54) is 0 Å². The van der Waals surface area contributed by atoms with Gasteiger partial charge in [0.15, 0.2) is 0 Å². The summed E-state index contributed by atoms with van der Waals surface area (Å²) in [5, 5.41) is 8.65. The summed E-state index contributed by atoms with van der Waals surface area (Å²) in [5.41, 5.74) is 0.843. The van der Waals surface area contributed by atoms with Crippen LogP contribution in [-0.2, 0) is 4.79 Å². The molecule has 70 valence electrons. The smallest absolute Gasteiger partial charge is 0.310 e. The Morgan fingerprint density at radius 1 is 1.50 bits per heavy atom. The molecule has 0 heterocycles. The van der Waals surface area contributed by atoms with Crippen molar-refractivity contribution >= 4 is 5.97 Å². The van der Waals surface area contributed by atoms with E-state index in [0.29, 0.717) is 0 Å². The van der Waals surface area contributed by atoms with Crippen LogP contribution in [0.25, 0.3) is 0 Å². The second-order valence-electron chi connectivity index (χ2n) is 3.18. The fraction of sp³-hybridized carbons (Fsp3) is 0.700. The van der Waals surface area contributed by atoms with Crippen molar-refractivity contribution in [2.75, 3.05) is 0 Å². The first-order valence-corrected chi connectivity index (χ1v) is 4.50. The maximum Gasteiger partial charge on any atom is 0.310 e. The monoisotopic (exact) mass is 170 g/mol. The van der Waals surface area contributed by atoms with Crippen LogP contribution < -0.4 is 0 Å². The van der Waals surface area contributed by atoms with Gasteiger partial charge in [-0.25, -0.2) is 0 Å². The topological polar surface area (TPSA) is 37.3 Å². The standard InChI is InChI=1S/C10H18O2/c1-4-5-6-7-8(2)9(3)10(11)12/h9H,2,4-7H2,1,3H3,(H,11,12). The van der Waals surface area contributed by atoms with E-state index in [9.17, 15) is 4.79 Å². The third-order valence-electron chi connectivity index (χ3n) is 2.08. The third-order valence-corrected chi connectivity index (χ3v) is 2.08. The summed E-state index contributed by atoms with van der Waals surface area (Å²) in [5.74, 6) is -1.15. The van der Waals surface area contributed by atoms with Crippen LogP contribution in [0, 0.1) is 5.92 Å². The molecule has 0 aliphatic rings. The Balaban J connectivity index is 3.65. The third kappa shape index (κ3) is 4.16. The second-order valence-corrected chi connectivity index (χ2v) is 3.18. The molecule has 0 spiro atoms. The van der Waals surface area contributed by atoms with Gasteiger partial charge >= 0.3 is 5.97 Å². The first kappa shape index (κ1) is 11.2. The van der Waals surface area contributed by atoms with E-state index in [2.05, 4.69) is 13.5 Å². The van der Waals surface area contributed by atoms with Crippen molar-refractivity contribution in [3.63, 3.8) is 0 Å². The molecule has 0 aromatic heterocycles. The molecule has 0 amide bonds. The van der Waals surface area contributed by atoms with Gasteiger partial charge in [0.1, 0.15) is 0 Å². The van der Waals surface area contributed by atoms with E-state index in [1.807, 2.05) is 0 Å². The van der Waals surface area contributed by atoms with Gasteiger partial charge in [-0.3, -0.25) is 4.79 Å². The van der Waals surface area contributed by atoms with Gasteiger partial charge < -0.3 is 5.11 Å². The van der Waals surface area contributed by atoms with Gasteiger partial charge in [-0.2, -0.15) is 0 Å². The SMILES string of the molecule is C=C(CCCCC)C(C)C(=O)O. The minimum absolute atomic E-state index is 0.387. The van der Waals surface area contributed by atoms with E-state index in [1.54, 1.807) is 6.92 Å². The molecule has 1 atom stereocenters. The fourth-order valence-electron chi connectivity index (χ4n) is 0.993. The summed E-state index contributed by atoms with van der Waals surface area (Å²) < 4.78 is 0. The Hall–Kier alpha value is -0.790. The predicted octanol–water partition coefficient (Wildman–Crippen LogP) is 2.84. The highest BCUT2D eigenvalue weighted by Gasteiger charge is 2.13. The minimum atomic E-state index is -0.767. The lowest BCUT2D eigenvalue weighted by atomic mass is 9.97. The lowest BCUT2D eigenvalue weighted by molar-refractivity contribution is -0.139. The summed E-state index contributed by atoms with van der Waals surface area (Å²) in [7, 11) is 0. The molecule has 1 unspecified atom stereocenters. The molecule has 0 fully saturated rings. The van der Waals surface area contributed by atoms with E-state index in [0.717, 1.165) is 31.3 Å². The first-order valence-electron chi connectivity index (χ1n) is 4.50. The molecule has 2 nitrogen and oxygen atoms in total. The number of carboxylic acids is 1. The van der Waals surface area contributed by atoms with Crippen LogP contribution in [0.2, 0.25) is 0 Å². The highest BCUT2D eigenvalue weighted by atomic mass is 16.4. The molecular formula is C10H18O2. The van der Waals surface area contributed by atoms with Crippen LogP contribution in [-0.4, -0.2) is 11.1 Å². The van der Waals surface area contributed by atoms with Gasteiger partial charge in [0.2, 0.25) is 0 Å². The molecular weight excluding hydrogens is 152 g/mol. The summed E-state index contributed by atoms with van der Waals surface area (Å²) in [4.78, 5) is 10.5. The zero-order valence-electron chi connectivity index (χ0n) is 7.97. The van der Waals surface area contributed by atoms with Crippen molar-refractivity contribution in [2.45, 2.75) is 39.5 Å². The Morgan fingerprint density at radius 2 is 2.08 bits per heavy atom. The number of hydrogen-bond acceptors (Lipinski definition) is 1. The minimum Gasteiger partial charge on any atom is -0.481 e. The van der Waals surface area contributed by atoms with E-state index < -0.39 is 5.97 Å². The molecule has 0 rings (SSSR count). The predicted molar refractivity (Wildman–Crippen MR) is 50.1 cm³/mol. The van der Waals surface area contributed by atoms with Crippen molar-refractivity contribution < 1.29 is 9.90 Å². The molecule has 0 bridgehead atoms. The quantitative estimate of drug-likeness (QED) is 0.491. The Morgan fingerprint density at radius 3 is 2.50 bits per heavy atom. The Bertz CT molecular complexity index is 161. The van der Waals surface area contributed by atoms with Crippen molar-refractivity contribution in [1.82, 2.24) is 0 Å². The Labute approximate surface area is 74.3 Å². The number of hydrogen-bond donors (Lipinski definition) is 1. The van der Waals surface area contributed by atoms with E-state index in [4.69, 9.17) is 5.11 Å². The van der Waals surface area contributed by atoms with Crippen LogP contribution in [0.3, 0.4) is 0 Å². The van der Waals surface area contributed by atoms with Crippen molar-refractivity contribution in [3.05, 3.63) is 12.2 Å². The van der Waals surface area contributed by atoms with Gasteiger partial charge in [0.25, 0.3) is 0 Å². The lowest BCUT2D eigenvalue weighted by Crippen LogP contribution is -2.11. The number of carboxylic acid groups (broad SMARTS) is 1. The van der Waals surface area contributed by atoms with E-state index >= 15 is 0 Å². The molecule has 0 aliphatic carbocycles. The normalized spacial score (nSPS) is 12.5. The van der Waals surface area contributed by atoms with Crippen LogP contribution in [0.1, 0.15) is 39.5 Å². The van der Waals surface area contributed by atoms with E-state index in [-0.39, 0.29) is 5.92 Å². The van der Waals surface area contributed by atoms with Gasteiger partial charge in [-0.1, -0.05) is 31.9 Å². The number of carbonyl (C=O) groups is 1. The van der Waals surface area contributed by atoms with Gasteiger partial charge in [0, 0.05) is 0 Å². The van der Waals surface area contributed by atoms with Crippen LogP contribution in [0.15, 0.2) is 12.2 Å². The van der Waals surface area contributed by atoms with Crippen LogP contribution in [0.4, 0.5) is 0 Å². The summed E-state index contributed by atoms with van der Waals surface area (Å²) in [6.07, 6.45) is 4.23. The molecule has 0 saturated heterocycles. The van der Waals surface area contributed by atoms with Gasteiger partial charge in [-0.15, -0.1) is 0 Å². The maximum absolute atomic E-state index is 10.5. The molecule has 2 heteroatoms. The highest BCUT2D eigenvalue weighted by molar-refractivity contribution is 5.72. The summed E-state index contributed by atoms with van der Waals surface area (Å²) in [6.45, 7) is 7.59. The van der Waals surface area contributed by atoms with Crippen LogP contribution >= 0.6 is 0 Å². The molecule has 0 aromatic rings. The molecule has 0 aromatic carbocycles. The number of rotatable bonds is 6. The van der Waals surface area contributed by atoms with Gasteiger partial charge in [0.05, 0.1) is 5.92 Å². The Kier molecular flexibility index (Phi) is 5.43. The average molecular weight is 170 g/mol. The number of unbranched alkanes of at least 4 members (excludes halogenated alkanes) is 2. The zero-order valence-corrected chi connectivity index (χ0v) is 7.97. The maximum atomic E-state index is 10.5. The molecule has 1 N–H and O–H groups in total. The largest absolute Gasteiger partial charge is 0.481 e. The summed E-state index contributed by atoms with van der Waals surface area (Å²) >= 11 is 0. The van der Waals surface area contributed by atoms with Crippen molar-refractivity contribution in [2.24, 2.45) is 5.92 Å². The van der Waals surface area contributed by atoms with Gasteiger partial charge in [-0.05, 0) is 19.8 Å². The van der Waals surface area contributed by atoms with Crippen molar-refractivity contribution in [1.29, 1.82) is 0 Å². The average Bonchev–Trinajstić information content (AvgIpc) is 2.03. The van der Waals surface area contributed by atoms with Crippen LogP contribution in [0.5, 0.6) is 0 Å². The first-order chi connectivity index (χ1) is 5.59. The lowest BCUT2D eigenvalue weighted by Gasteiger charge is -2.08. The zero-order chi connectivity index (χ0) is 9.56. The molecule has 0 aliphatic heterocycles. The highest BCUT2D eigenvalue weighted by Crippen LogP contribution is 2.15.